The van der Waals surface area contributed by atoms with E-state index in [2.05, 4.69) is 27.4 Å². The maximum Gasteiger partial charge on any atom is 0.245 e. The van der Waals surface area contributed by atoms with E-state index in [1.165, 1.54) is 0 Å². The van der Waals surface area contributed by atoms with Crippen LogP contribution in [-0.4, -0.2) is 63.1 Å². The molecule has 1 N–H and O–H groups in total. The summed E-state index contributed by atoms with van der Waals surface area (Å²) in [5.74, 6) is -0.0446. The molecule has 2 saturated heterocycles. The number of aryl methyl sites for hydroxylation is 1. The molecule has 2 amide bonds. The number of nitrogens with zero attached hydrogens (tertiary/aromatic N) is 4. The van der Waals surface area contributed by atoms with E-state index in [9.17, 15) is 9.59 Å². The van der Waals surface area contributed by atoms with Gasteiger partial charge in [-0.3, -0.25) is 19.2 Å². The summed E-state index contributed by atoms with van der Waals surface area (Å²) in [5.41, 5.74) is 3.18. The third-order valence-corrected chi connectivity index (χ3v) is 5.13. The van der Waals surface area contributed by atoms with Crippen molar-refractivity contribution in [3.05, 3.63) is 42.1 Å². The molecule has 4 rings (SSSR count). The van der Waals surface area contributed by atoms with Gasteiger partial charge in [0.05, 0.1) is 5.69 Å². The monoisotopic (exact) mass is 353 g/mol. The van der Waals surface area contributed by atoms with E-state index in [4.69, 9.17) is 0 Å². The van der Waals surface area contributed by atoms with Crippen LogP contribution in [-0.2, 0) is 23.2 Å². The zero-order chi connectivity index (χ0) is 18.3. The smallest absolute Gasteiger partial charge is 0.245 e. The second kappa shape index (κ2) is 6.57. The van der Waals surface area contributed by atoms with Gasteiger partial charge in [-0.25, -0.2) is 0 Å². The lowest BCUT2D eigenvalue weighted by molar-refractivity contribution is -0.152. The Balaban J connectivity index is 1.53. The first kappa shape index (κ1) is 16.8. The molecule has 0 unspecified atom stereocenters. The number of aromatic nitrogens is 2. The minimum absolute atomic E-state index is 0.0144. The van der Waals surface area contributed by atoms with E-state index in [0.717, 1.165) is 23.4 Å². The minimum Gasteiger partial charge on any atom is -0.343 e. The molecule has 0 bridgehead atoms. The number of piperazine rings is 2. The maximum atomic E-state index is 12.3. The molecule has 2 aliphatic rings. The van der Waals surface area contributed by atoms with Crippen molar-refractivity contribution in [3.8, 4) is 11.3 Å². The molecule has 0 aliphatic carbocycles. The fourth-order valence-corrected chi connectivity index (χ4v) is 3.82. The number of nitrogens with one attached hydrogen (secondary N) is 1. The summed E-state index contributed by atoms with van der Waals surface area (Å²) < 4.78 is 1.83. The van der Waals surface area contributed by atoms with Crippen molar-refractivity contribution in [1.82, 2.24) is 24.9 Å². The molecule has 136 valence electrons. The fourth-order valence-electron chi connectivity index (χ4n) is 3.82. The highest BCUT2D eigenvalue weighted by Gasteiger charge is 2.41. The Morgan fingerprint density at radius 3 is 2.73 bits per heavy atom. The lowest BCUT2D eigenvalue weighted by atomic mass is 10.0. The van der Waals surface area contributed by atoms with Crippen LogP contribution in [0.4, 0.5) is 0 Å². The quantitative estimate of drug-likeness (QED) is 0.878. The van der Waals surface area contributed by atoms with Crippen LogP contribution in [0.25, 0.3) is 11.3 Å². The van der Waals surface area contributed by atoms with Gasteiger partial charge in [-0.05, 0) is 6.92 Å². The molecule has 2 aromatic rings. The Bertz CT molecular complexity index is 832. The highest BCUT2D eigenvalue weighted by molar-refractivity contribution is 5.97. The van der Waals surface area contributed by atoms with Gasteiger partial charge in [0.25, 0.3) is 0 Å². The molecule has 26 heavy (non-hydrogen) atoms. The van der Waals surface area contributed by atoms with Crippen LogP contribution in [0.5, 0.6) is 0 Å². The van der Waals surface area contributed by atoms with Gasteiger partial charge in [0, 0.05) is 50.6 Å². The number of fused-ring (bicyclic) bond motifs is 1. The van der Waals surface area contributed by atoms with Gasteiger partial charge in [0.2, 0.25) is 11.8 Å². The molecule has 2 fully saturated rings. The summed E-state index contributed by atoms with van der Waals surface area (Å²) in [6, 6.07) is 9.29. The number of amides is 2. The van der Waals surface area contributed by atoms with Gasteiger partial charge < -0.3 is 10.2 Å². The molecule has 7 heteroatoms. The zero-order valence-electron chi connectivity index (χ0n) is 15.1. The van der Waals surface area contributed by atoms with E-state index in [0.29, 0.717) is 19.6 Å². The van der Waals surface area contributed by atoms with E-state index in [1.54, 1.807) is 11.8 Å². The molecular weight excluding hydrogens is 330 g/mol. The van der Waals surface area contributed by atoms with Crippen LogP contribution in [0.3, 0.4) is 0 Å². The number of rotatable bonds is 3. The second-order valence-corrected chi connectivity index (χ2v) is 7.06. The number of carbonyl (C=O) groups is 2. The number of carbonyl (C=O) groups excluding carboxylic acids is 2. The molecule has 2 atom stereocenters. The summed E-state index contributed by atoms with van der Waals surface area (Å²) in [4.78, 5) is 28.6. The third-order valence-electron chi connectivity index (χ3n) is 5.13. The lowest BCUT2D eigenvalue weighted by Gasteiger charge is -2.44. The molecule has 7 nitrogen and oxygen atoms in total. The number of hydrogen-bond acceptors (Lipinski definition) is 4. The Kier molecular flexibility index (Phi) is 4.24. The van der Waals surface area contributed by atoms with Crippen molar-refractivity contribution in [3.63, 3.8) is 0 Å². The SMILES string of the molecule is C[C@H]1NC(=O)[C@H]2CN(Cc3cn(C)nc3-c3ccccc3)CCN2C1=O. The predicted octanol–water partition coefficient (Wildman–Crippen LogP) is 0.618. The van der Waals surface area contributed by atoms with Crippen LogP contribution >= 0.6 is 0 Å². The van der Waals surface area contributed by atoms with Gasteiger partial charge in [0.1, 0.15) is 12.1 Å². The average molecular weight is 353 g/mol. The summed E-state index contributed by atoms with van der Waals surface area (Å²) in [6.07, 6.45) is 2.03. The van der Waals surface area contributed by atoms with Crippen LogP contribution in [0.2, 0.25) is 0 Å². The van der Waals surface area contributed by atoms with Crippen molar-refractivity contribution in [2.75, 3.05) is 19.6 Å². The van der Waals surface area contributed by atoms with Crippen LogP contribution < -0.4 is 5.32 Å². The van der Waals surface area contributed by atoms with Crippen molar-refractivity contribution in [1.29, 1.82) is 0 Å². The summed E-state index contributed by atoms with van der Waals surface area (Å²) in [5, 5.41) is 7.39. The van der Waals surface area contributed by atoms with Crippen LogP contribution in [0, 0.1) is 0 Å². The van der Waals surface area contributed by atoms with Gasteiger partial charge in [0.15, 0.2) is 0 Å². The lowest BCUT2D eigenvalue weighted by Crippen LogP contribution is -2.68. The molecule has 3 heterocycles. The second-order valence-electron chi connectivity index (χ2n) is 7.06. The fraction of sp³-hybridized carbons (Fsp3) is 0.421. The number of benzene rings is 1. The molecule has 1 aromatic carbocycles. The van der Waals surface area contributed by atoms with Crippen molar-refractivity contribution in [2.24, 2.45) is 7.05 Å². The van der Waals surface area contributed by atoms with Gasteiger partial charge in [-0.1, -0.05) is 30.3 Å². The first-order valence-corrected chi connectivity index (χ1v) is 8.94. The van der Waals surface area contributed by atoms with Crippen molar-refractivity contribution in [2.45, 2.75) is 25.6 Å². The predicted molar refractivity (Wildman–Crippen MR) is 97.0 cm³/mol. The Hall–Kier alpha value is -2.67. The Morgan fingerprint density at radius 2 is 1.96 bits per heavy atom. The van der Waals surface area contributed by atoms with E-state index < -0.39 is 12.1 Å². The Morgan fingerprint density at radius 1 is 1.19 bits per heavy atom. The van der Waals surface area contributed by atoms with E-state index >= 15 is 0 Å². The molecule has 1 aromatic heterocycles. The minimum atomic E-state index is -0.423. The summed E-state index contributed by atoms with van der Waals surface area (Å²) in [6.45, 7) is 4.34. The zero-order valence-corrected chi connectivity index (χ0v) is 15.1. The van der Waals surface area contributed by atoms with Crippen LogP contribution in [0.1, 0.15) is 12.5 Å². The van der Waals surface area contributed by atoms with Gasteiger partial charge in [-0.15, -0.1) is 0 Å². The first-order chi connectivity index (χ1) is 12.5. The average Bonchev–Trinajstić information content (AvgIpc) is 3.01. The van der Waals surface area contributed by atoms with E-state index in [1.807, 2.05) is 36.1 Å². The van der Waals surface area contributed by atoms with Gasteiger partial charge in [-0.2, -0.15) is 5.10 Å². The summed E-state index contributed by atoms with van der Waals surface area (Å²) in [7, 11) is 1.92. The largest absolute Gasteiger partial charge is 0.343 e. The highest BCUT2D eigenvalue weighted by atomic mass is 16.2. The summed E-state index contributed by atoms with van der Waals surface area (Å²) >= 11 is 0. The number of hydrogen-bond donors (Lipinski definition) is 1. The standard InChI is InChI=1S/C19H23N5O2/c1-13-19(26)24-9-8-23(12-16(24)18(25)20-13)11-15-10-22(2)21-17(15)14-6-4-3-5-7-14/h3-7,10,13,16H,8-9,11-12H2,1-2H3,(H,20,25)/t13-,16-/m1/s1. The third kappa shape index (κ3) is 2.99. The first-order valence-electron chi connectivity index (χ1n) is 8.94. The van der Waals surface area contributed by atoms with Crippen LogP contribution in [0.15, 0.2) is 36.5 Å². The molecular formula is C19H23N5O2. The molecule has 0 saturated carbocycles. The molecule has 2 aliphatic heterocycles. The van der Waals surface area contributed by atoms with E-state index in [-0.39, 0.29) is 11.8 Å². The van der Waals surface area contributed by atoms with Crippen molar-refractivity contribution < 1.29 is 9.59 Å². The Labute approximate surface area is 152 Å². The van der Waals surface area contributed by atoms with Gasteiger partial charge >= 0.3 is 0 Å². The highest BCUT2D eigenvalue weighted by Crippen LogP contribution is 2.24. The molecule has 0 radical (unpaired) electrons. The molecule has 0 spiro atoms. The topological polar surface area (TPSA) is 70.5 Å². The maximum absolute atomic E-state index is 12.3. The normalized spacial score (nSPS) is 23.7. The van der Waals surface area contributed by atoms with Crippen molar-refractivity contribution >= 4 is 11.8 Å².